The first-order valence-corrected chi connectivity index (χ1v) is 20.7. The Morgan fingerprint density at radius 2 is 0.911 bits per heavy atom. The van der Waals surface area contributed by atoms with Crippen molar-refractivity contribution in [2.24, 2.45) is 4.99 Å². The first-order valence-electron chi connectivity index (χ1n) is 20.7. The third kappa shape index (κ3) is 23.1. The number of nitrogens with zero attached hydrogens (tertiary/aromatic N) is 2. The lowest BCUT2D eigenvalue weighted by atomic mass is 10.0. The number of nitrogens with one attached hydrogen (secondary N) is 1. The van der Waals surface area contributed by atoms with Gasteiger partial charge in [-0.05, 0) is 12.8 Å². The molecule has 0 saturated heterocycles. The second kappa shape index (κ2) is 30.4. The number of amidine groups is 1. The molecule has 1 aliphatic rings. The third-order valence-electron chi connectivity index (χ3n) is 10.7. The number of rotatable bonds is 34. The number of quaternary nitrogens is 1. The van der Waals surface area contributed by atoms with Crippen molar-refractivity contribution < 1.29 is 9.28 Å². The molecule has 4 heteroatoms. The molecule has 2 unspecified atom stereocenters. The van der Waals surface area contributed by atoms with Crippen molar-refractivity contribution in [2.75, 3.05) is 20.1 Å². The highest BCUT2D eigenvalue weighted by Gasteiger charge is 2.39. The first kappa shape index (κ1) is 42.1. The molecule has 0 bridgehead atoms. The summed E-state index contributed by atoms with van der Waals surface area (Å²) in [5, 5.41) is 3.35. The predicted molar refractivity (Wildman–Crippen MR) is 200 cm³/mol. The number of amides is 1. The van der Waals surface area contributed by atoms with Gasteiger partial charge in [-0.3, -0.25) is 9.28 Å². The van der Waals surface area contributed by atoms with Gasteiger partial charge in [-0.15, -0.1) is 0 Å². The molecule has 1 N–H and O–H groups in total. The van der Waals surface area contributed by atoms with Crippen LogP contribution in [0.25, 0.3) is 0 Å². The van der Waals surface area contributed by atoms with E-state index in [0.717, 1.165) is 30.4 Å². The summed E-state index contributed by atoms with van der Waals surface area (Å²) in [5.41, 5.74) is 0. The van der Waals surface area contributed by atoms with Crippen LogP contribution in [0.1, 0.15) is 226 Å². The Labute approximate surface area is 283 Å². The van der Waals surface area contributed by atoms with E-state index in [-0.39, 0.29) is 12.1 Å². The minimum Gasteiger partial charge on any atom is -0.307 e. The summed E-state index contributed by atoms with van der Waals surface area (Å²) in [6, 6.07) is 0. The molecule has 0 aromatic rings. The molecular formula is C41H82N3O+. The van der Waals surface area contributed by atoms with Gasteiger partial charge >= 0.3 is 0 Å². The second-order valence-electron chi connectivity index (χ2n) is 14.9. The lowest BCUT2D eigenvalue weighted by molar-refractivity contribution is -0.843. The monoisotopic (exact) mass is 633 g/mol. The van der Waals surface area contributed by atoms with E-state index in [1.165, 1.54) is 192 Å². The van der Waals surface area contributed by atoms with E-state index in [1.54, 1.807) is 0 Å². The van der Waals surface area contributed by atoms with Gasteiger partial charge in [0.05, 0.1) is 13.6 Å². The van der Waals surface area contributed by atoms with E-state index in [1.807, 2.05) is 0 Å². The highest BCUT2D eigenvalue weighted by atomic mass is 16.1. The fourth-order valence-electron chi connectivity index (χ4n) is 7.19. The van der Waals surface area contributed by atoms with Gasteiger partial charge in [0.2, 0.25) is 5.91 Å². The van der Waals surface area contributed by atoms with Crippen LogP contribution in [0.2, 0.25) is 0 Å². The van der Waals surface area contributed by atoms with E-state index in [0.29, 0.717) is 6.42 Å². The minimum absolute atomic E-state index is 0.117. The van der Waals surface area contributed by atoms with Gasteiger partial charge in [-0.25, -0.2) is 4.99 Å². The van der Waals surface area contributed by atoms with Crippen molar-refractivity contribution in [2.45, 2.75) is 232 Å². The second-order valence-corrected chi connectivity index (χ2v) is 14.9. The highest BCUT2D eigenvalue weighted by Crippen LogP contribution is 2.22. The van der Waals surface area contributed by atoms with Crippen molar-refractivity contribution >= 4 is 11.7 Å². The Hall–Kier alpha value is -0.900. The van der Waals surface area contributed by atoms with E-state index in [9.17, 15) is 4.79 Å². The van der Waals surface area contributed by atoms with Crippen molar-refractivity contribution in [1.29, 1.82) is 0 Å². The molecule has 1 heterocycles. The Morgan fingerprint density at radius 3 is 1.29 bits per heavy atom. The molecule has 0 saturated carbocycles. The van der Waals surface area contributed by atoms with Gasteiger partial charge in [-0.2, -0.15) is 0 Å². The number of carbonyl (C=O) groups is 1. The Morgan fingerprint density at radius 1 is 0.578 bits per heavy atom. The average Bonchev–Trinajstić information content (AvgIpc) is 3.42. The zero-order valence-electron chi connectivity index (χ0n) is 31.4. The van der Waals surface area contributed by atoms with Gasteiger partial charge in [0, 0.05) is 19.8 Å². The first-order chi connectivity index (χ1) is 22.0. The fourth-order valence-corrected chi connectivity index (χ4v) is 7.19. The molecule has 1 aliphatic heterocycles. The van der Waals surface area contributed by atoms with Crippen molar-refractivity contribution in [3.05, 3.63) is 0 Å². The van der Waals surface area contributed by atoms with E-state index >= 15 is 0 Å². The molecule has 0 aromatic carbocycles. The maximum Gasteiger partial charge on any atom is 0.224 e. The standard InChI is InChI=1S/C41H81N3O/c1-5-7-9-11-13-15-17-19-21-23-25-27-29-31-33-35-40-42-37-38-44(40,4)39(3)43-41(45)36-34-32-30-28-26-24-22-20-18-16-14-12-10-8-6-2/h39H,5-38H2,1-4H3/p+1. The third-order valence-corrected chi connectivity index (χ3v) is 10.7. The van der Waals surface area contributed by atoms with Crippen LogP contribution in [0.3, 0.4) is 0 Å². The summed E-state index contributed by atoms with van der Waals surface area (Å²) in [6.07, 6.45) is 43.3. The Bertz CT molecular complexity index is 692. The number of aliphatic imine (C=N–C) groups is 1. The normalized spacial score (nSPS) is 17.1. The number of carbonyl (C=O) groups excluding carboxylic acids is 1. The molecule has 4 nitrogen and oxygen atoms in total. The zero-order valence-corrected chi connectivity index (χ0v) is 31.4. The number of hydrogen-bond acceptors (Lipinski definition) is 2. The molecule has 0 spiro atoms. The molecule has 1 rings (SSSR count). The quantitative estimate of drug-likeness (QED) is 0.0556. The summed E-state index contributed by atoms with van der Waals surface area (Å²) in [6.45, 7) is 8.71. The summed E-state index contributed by atoms with van der Waals surface area (Å²) in [7, 11) is 2.29. The van der Waals surface area contributed by atoms with Crippen LogP contribution < -0.4 is 5.32 Å². The molecule has 0 aromatic heterocycles. The molecule has 0 aliphatic carbocycles. The van der Waals surface area contributed by atoms with Crippen LogP contribution in [0, 0.1) is 0 Å². The summed E-state index contributed by atoms with van der Waals surface area (Å²) in [4.78, 5) is 17.6. The number of likely N-dealkylation sites (N-methyl/N-ethyl adjacent to an activating group) is 1. The van der Waals surface area contributed by atoms with E-state index in [4.69, 9.17) is 4.99 Å². The van der Waals surface area contributed by atoms with E-state index in [2.05, 4.69) is 33.1 Å². The molecule has 266 valence electrons. The molecule has 0 fully saturated rings. The van der Waals surface area contributed by atoms with Gasteiger partial charge < -0.3 is 5.32 Å². The van der Waals surface area contributed by atoms with Gasteiger partial charge in [0.25, 0.3) is 0 Å². The van der Waals surface area contributed by atoms with Crippen LogP contribution >= 0.6 is 0 Å². The smallest absolute Gasteiger partial charge is 0.224 e. The fraction of sp³-hybridized carbons (Fsp3) is 0.951. The highest BCUT2D eigenvalue weighted by molar-refractivity contribution is 5.78. The van der Waals surface area contributed by atoms with Gasteiger partial charge in [0.15, 0.2) is 12.0 Å². The summed E-state index contributed by atoms with van der Waals surface area (Å²) < 4.78 is 0.809. The molecular weight excluding hydrogens is 550 g/mol. The van der Waals surface area contributed by atoms with Crippen LogP contribution in [0.15, 0.2) is 4.99 Å². The lowest BCUT2D eigenvalue weighted by Gasteiger charge is -2.36. The average molecular weight is 633 g/mol. The maximum atomic E-state index is 12.7. The van der Waals surface area contributed by atoms with Crippen molar-refractivity contribution in [3.8, 4) is 0 Å². The SMILES string of the molecule is CCCCCCCCCCCCCCCCCC(=O)NC(C)[N+]1(C)CCN=C1CCCCCCCCCCCCCCCCC. The molecule has 2 atom stereocenters. The maximum absolute atomic E-state index is 12.7. The molecule has 1 amide bonds. The van der Waals surface area contributed by atoms with Crippen molar-refractivity contribution in [1.82, 2.24) is 5.32 Å². The van der Waals surface area contributed by atoms with Gasteiger partial charge in [-0.1, -0.05) is 194 Å². The molecule has 45 heavy (non-hydrogen) atoms. The van der Waals surface area contributed by atoms with Crippen LogP contribution in [-0.2, 0) is 4.79 Å². The Balaban J connectivity index is 1.99. The summed E-state index contributed by atoms with van der Waals surface area (Å²) >= 11 is 0. The minimum atomic E-state index is 0.117. The zero-order chi connectivity index (χ0) is 32.7. The topological polar surface area (TPSA) is 41.5 Å². The van der Waals surface area contributed by atoms with Crippen LogP contribution in [-0.4, -0.2) is 42.5 Å². The van der Waals surface area contributed by atoms with E-state index < -0.39 is 0 Å². The van der Waals surface area contributed by atoms with Crippen LogP contribution in [0.4, 0.5) is 0 Å². The largest absolute Gasteiger partial charge is 0.307 e. The Kier molecular flexibility index (Phi) is 28.5. The lowest BCUT2D eigenvalue weighted by Crippen LogP contribution is -2.60. The number of unbranched alkanes of at least 4 members (excludes halogenated alkanes) is 28. The van der Waals surface area contributed by atoms with Gasteiger partial charge in [0.1, 0.15) is 6.54 Å². The predicted octanol–water partition coefficient (Wildman–Crippen LogP) is 12.8. The van der Waals surface area contributed by atoms with Crippen LogP contribution in [0.5, 0.6) is 0 Å². The van der Waals surface area contributed by atoms with Crippen molar-refractivity contribution in [3.63, 3.8) is 0 Å². The number of hydrogen-bond donors (Lipinski definition) is 1. The molecule has 0 radical (unpaired) electrons. The summed E-state index contributed by atoms with van der Waals surface area (Å²) in [5.74, 6) is 1.54.